The molecule has 0 aliphatic rings. The molecule has 0 aliphatic carbocycles. The molecule has 5 nitrogen and oxygen atoms in total. The average molecular weight is 285 g/mol. The Hall–Kier alpha value is -2.40. The molecule has 1 amide bonds. The molecule has 0 atom stereocenters. The zero-order valence-electron chi connectivity index (χ0n) is 12.4. The van der Waals surface area contributed by atoms with Crippen LogP contribution >= 0.6 is 0 Å². The standard InChI is InChI=1S/C16H19N3O2/c1-10(2)19-14(12-6-4-11(3)5-7-12)9-8-13(16(19)21)15(20)18-17/h4-10H,17H2,1-3H3,(H,18,20). The zero-order valence-corrected chi connectivity index (χ0v) is 12.4. The Morgan fingerprint density at radius 3 is 2.29 bits per heavy atom. The predicted molar refractivity (Wildman–Crippen MR) is 82.9 cm³/mol. The first kappa shape index (κ1) is 15.0. The second-order valence-corrected chi connectivity index (χ2v) is 5.24. The number of aryl methyl sites for hydroxylation is 1. The normalized spacial score (nSPS) is 10.7. The van der Waals surface area contributed by atoms with E-state index in [9.17, 15) is 9.59 Å². The number of pyridine rings is 1. The minimum Gasteiger partial charge on any atom is -0.305 e. The van der Waals surface area contributed by atoms with Crippen LogP contribution in [0.5, 0.6) is 0 Å². The Balaban J connectivity index is 2.68. The van der Waals surface area contributed by atoms with Crippen molar-refractivity contribution in [3.05, 3.63) is 57.9 Å². The third kappa shape index (κ3) is 2.87. The molecule has 1 heterocycles. The van der Waals surface area contributed by atoms with E-state index in [1.165, 1.54) is 6.07 Å². The fourth-order valence-electron chi connectivity index (χ4n) is 2.28. The molecule has 0 spiro atoms. The lowest BCUT2D eigenvalue weighted by molar-refractivity contribution is 0.0951. The summed E-state index contributed by atoms with van der Waals surface area (Å²) in [4.78, 5) is 24.2. The van der Waals surface area contributed by atoms with Crippen LogP contribution < -0.4 is 16.8 Å². The summed E-state index contributed by atoms with van der Waals surface area (Å²) in [7, 11) is 0. The predicted octanol–water partition coefficient (Wildman–Crippen LogP) is 2.01. The Morgan fingerprint density at radius 1 is 1.14 bits per heavy atom. The monoisotopic (exact) mass is 285 g/mol. The van der Waals surface area contributed by atoms with Crippen LogP contribution in [0.1, 0.15) is 35.8 Å². The lowest BCUT2D eigenvalue weighted by Crippen LogP contribution is -2.37. The first-order valence-electron chi connectivity index (χ1n) is 6.79. The van der Waals surface area contributed by atoms with Gasteiger partial charge in [0.15, 0.2) is 0 Å². The van der Waals surface area contributed by atoms with Gasteiger partial charge in [-0.15, -0.1) is 0 Å². The van der Waals surface area contributed by atoms with Gasteiger partial charge in [-0.3, -0.25) is 15.0 Å². The number of carbonyl (C=O) groups is 1. The van der Waals surface area contributed by atoms with Gasteiger partial charge in [-0.25, -0.2) is 5.84 Å². The summed E-state index contributed by atoms with van der Waals surface area (Å²) in [6.45, 7) is 5.82. The van der Waals surface area contributed by atoms with Crippen molar-refractivity contribution in [2.75, 3.05) is 0 Å². The number of nitrogens with one attached hydrogen (secondary N) is 1. The fraction of sp³-hybridized carbons (Fsp3) is 0.250. The third-order valence-electron chi connectivity index (χ3n) is 3.36. The van der Waals surface area contributed by atoms with Crippen LogP contribution in [-0.4, -0.2) is 10.5 Å². The number of benzene rings is 1. The maximum absolute atomic E-state index is 12.5. The lowest BCUT2D eigenvalue weighted by Gasteiger charge is -2.17. The van der Waals surface area contributed by atoms with E-state index in [-0.39, 0.29) is 17.2 Å². The zero-order chi connectivity index (χ0) is 15.6. The van der Waals surface area contributed by atoms with Crippen LogP contribution in [0.4, 0.5) is 0 Å². The van der Waals surface area contributed by atoms with Gasteiger partial charge in [0.2, 0.25) is 0 Å². The third-order valence-corrected chi connectivity index (χ3v) is 3.36. The van der Waals surface area contributed by atoms with Gasteiger partial charge in [-0.1, -0.05) is 29.8 Å². The highest BCUT2D eigenvalue weighted by Gasteiger charge is 2.16. The van der Waals surface area contributed by atoms with Gasteiger partial charge in [0, 0.05) is 6.04 Å². The molecule has 1 aromatic heterocycles. The quantitative estimate of drug-likeness (QED) is 0.514. The van der Waals surface area contributed by atoms with Crippen LogP contribution in [-0.2, 0) is 0 Å². The number of aromatic nitrogens is 1. The van der Waals surface area contributed by atoms with Crippen LogP contribution in [0, 0.1) is 6.92 Å². The summed E-state index contributed by atoms with van der Waals surface area (Å²) in [5.74, 6) is 4.54. The van der Waals surface area contributed by atoms with E-state index in [1.54, 1.807) is 10.6 Å². The number of amides is 1. The van der Waals surface area contributed by atoms with Crippen LogP contribution in [0.2, 0.25) is 0 Å². The number of rotatable bonds is 3. The second kappa shape index (κ2) is 5.93. The topological polar surface area (TPSA) is 77.1 Å². The second-order valence-electron chi connectivity index (χ2n) is 5.24. The minimum atomic E-state index is -0.579. The molecule has 2 rings (SSSR count). The van der Waals surface area contributed by atoms with E-state index in [0.717, 1.165) is 16.8 Å². The van der Waals surface area contributed by atoms with Crippen molar-refractivity contribution in [1.82, 2.24) is 9.99 Å². The highest BCUT2D eigenvalue weighted by Crippen LogP contribution is 2.21. The number of hydrazine groups is 1. The number of nitrogen functional groups attached to an aromatic ring is 1. The highest BCUT2D eigenvalue weighted by molar-refractivity contribution is 5.93. The van der Waals surface area contributed by atoms with Crippen molar-refractivity contribution in [3.8, 4) is 11.3 Å². The fourth-order valence-corrected chi connectivity index (χ4v) is 2.28. The van der Waals surface area contributed by atoms with E-state index >= 15 is 0 Å². The van der Waals surface area contributed by atoms with Crippen molar-refractivity contribution in [2.45, 2.75) is 26.8 Å². The Labute approximate surface area is 123 Å². The Bertz CT molecular complexity index is 715. The summed E-state index contributed by atoms with van der Waals surface area (Å²) in [6.07, 6.45) is 0. The van der Waals surface area contributed by atoms with Gasteiger partial charge < -0.3 is 4.57 Å². The number of nitrogens with zero attached hydrogens (tertiary/aromatic N) is 1. The molecular formula is C16H19N3O2. The summed E-state index contributed by atoms with van der Waals surface area (Å²) >= 11 is 0. The molecule has 21 heavy (non-hydrogen) atoms. The summed E-state index contributed by atoms with van der Waals surface area (Å²) in [5.41, 5.74) is 4.57. The first-order chi connectivity index (χ1) is 9.95. The lowest BCUT2D eigenvalue weighted by atomic mass is 10.1. The molecule has 5 heteroatoms. The summed E-state index contributed by atoms with van der Waals surface area (Å²) in [5, 5.41) is 0. The molecule has 0 unspecified atom stereocenters. The highest BCUT2D eigenvalue weighted by atomic mass is 16.2. The summed E-state index contributed by atoms with van der Waals surface area (Å²) in [6, 6.07) is 11.1. The van der Waals surface area contributed by atoms with Crippen molar-refractivity contribution in [1.29, 1.82) is 0 Å². The molecule has 0 saturated heterocycles. The molecule has 110 valence electrons. The first-order valence-corrected chi connectivity index (χ1v) is 6.79. The smallest absolute Gasteiger partial charge is 0.270 e. The largest absolute Gasteiger partial charge is 0.305 e. The average Bonchev–Trinajstić information content (AvgIpc) is 2.46. The van der Waals surface area contributed by atoms with E-state index in [4.69, 9.17) is 5.84 Å². The molecule has 0 saturated carbocycles. The van der Waals surface area contributed by atoms with Crippen molar-refractivity contribution in [3.63, 3.8) is 0 Å². The molecule has 1 aromatic carbocycles. The van der Waals surface area contributed by atoms with Crippen molar-refractivity contribution < 1.29 is 4.79 Å². The number of nitrogens with two attached hydrogens (primary N) is 1. The van der Waals surface area contributed by atoms with Crippen LogP contribution in [0.25, 0.3) is 11.3 Å². The molecule has 0 aliphatic heterocycles. The SMILES string of the molecule is Cc1ccc(-c2ccc(C(=O)NN)c(=O)n2C(C)C)cc1. The maximum atomic E-state index is 12.5. The van der Waals surface area contributed by atoms with E-state index in [1.807, 2.05) is 50.5 Å². The van der Waals surface area contributed by atoms with Crippen LogP contribution in [0.15, 0.2) is 41.2 Å². The molecule has 0 bridgehead atoms. The number of hydrogen-bond acceptors (Lipinski definition) is 3. The Morgan fingerprint density at radius 2 is 1.76 bits per heavy atom. The van der Waals surface area contributed by atoms with Gasteiger partial charge in [0.05, 0.1) is 5.69 Å². The van der Waals surface area contributed by atoms with Gasteiger partial charge in [-0.05, 0) is 38.5 Å². The van der Waals surface area contributed by atoms with Gasteiger partial charge in [0.25, 0.3) is 11.5 Å². The van der Waals surface area contributed by atoms with Gasteiger partial charge >= 0.3 is 0 Å². The minimum absolute atomic E-state index is 0.0436. The Kier molecular flexibility index (Phi) is 4.23. The van der Waals surface area contributed by atoms with E-state index in [2.05, 4.69) is 0 Å². The van der Waals surface area contributed by atoms with E-state index in [0.29, 0.717) is 0 Å². The molecule has 0 fully saturated rings. The number of hydrogen-bond donors (Lipinski definition) is 2. The summed E-state index contributed by atoms with van der Waals surface area (Å²) < 4.78 is 1.61. The molecular weight excluding hydrogens is 266 g/mol. The van der Waals surface area contributed by atoms with Crippen molar-refractivity contribution >= 4 is 5.91 Å². The van der Waals surface area contributed by atoms with Crippen molar-refractivity contribution in [2.24, 2.45) is 5.84 Å². The van der Waals surface area contributed by atoms with Gasteiger partial charge in [0.1, 0.15) is 5.56 Å². The maximum Gasteiger partial charge on any atom is 0.270 e. The van der Waals surface area contributed by atoms with E-state index < -0.39 is 5.91 Å². The number of carbonyl (C=O) groups excluding carboxylic acids is 1. The molecule has 3 N–H and O–H groups in total. The van der Waals surface area contributed by atoms with Crippen LogP contribution in [0.3, 0.4) is 0 Å². The molecule has 2 aromatic rings. The molecule has 0 radical (unpaired) electrons. The van der Waals surface area contributed by atoms with Gasteiger partial charge in [-0.2, -0.15) is 0 Å².